The van der Waals surface area contributed by atoms with E-state index in [0.717, 1.165) is 35.2 Å². The van der Waals surface area contributed by atoms with Crippen LogP contribution in [0.1, 0.15) is 94.0 Å². The summed E-state index contributed by atoms with van der Waals surface area (Å²) < 4.78 is 12.3. The molecule has 1 atom stereocenters. The van der Waals surface area contributed by atoms with Crippen LogP contribution in [0, 0.1) is 5.92 Å². The normalized spacial score (nSPS) is 12.0. The quantitative estimate of drug-likeness (QED) is 0.107. The first-order valence-corrected chi connectivity index (χ1v) is 13.8. The number of hydrogen-bond acceptors (Lipinski definition) is 4. The minimum absolute atomic E-state index is 0.162. The molecule has 0 radical (unpaired) electrons. The number of Topliss-reactive ketones (excluding diaryl/α,β-unsaturated/α-hetero) is 1. The van der Waals surface area contributed by atoms with Crippen LogP contribution in [-0.4, -0.2) is 24.5 Å². The molecule has 2 aromatic rings. The van der Waals surface area contributed by atoms with Crippen LogP contribution in [-0.2, 0) is 20.9 Å². The van der Waals surface area contributed by atoms with Crippen molar-refractivity contribution in [2.24, 2.45) is 5.92 Å². The molecule has 0 N–H and O–H groups in total. The molecule has 0 amide bonds. The van der Waals surface area contributed by atoms with Gasteiger partial charge in [-0.15, -0.1) is 0 Å². The second kappa shape index (κ2) is 17.4. The molecule has 192 valence electrons. The van der Waals surface area contributed by atoms with E-state index in [9.17, 15) is 9.59 Å². The van der Waals surface area contributed by atoms with E-state index < -0.39 is 5.97 Å². The third-order valence-electron chi connectivity index (χ3n) is 6.06. The van der Waals surface area contributed by atoms with E-state index in [1.54, 1.807) is 24.3 Å². The number of unbranched alkanes of at least 4 members (excludes halogenated alkanes) is 6. The highest BCUT2D eigenvalue weighted by Crippen LogP contribution is 2.17. The first kappa shape index (κ1) is 29.3. The summed E-state index contributed by atoms with van der Waals surface area (Å²) in [4.78, 5) is 24.8. The largest absolute Gasteiger partial charge is 0.457 e. The first-order valence-electron chi connectivity index (χ1n) is 13.0. The van der Waals surface area contributed by atoms with Crippen molar-refractivity contribution in [2.45, 2.75) is 90.8 Å². The average Bonchev–Trinajstić information content (AvgIpc) is 2.85. The molecule has 0 heterocycles. The van der Waals surface area contributed by atoms with Gasteiger partial charge in [-0.2, -0.15) is 0 Å². The minimum atomic E-state index is -0.390. The van der Waals surface area contributed by atoms with Crippen LogP contribution < -0.4 is 0 Å². The number of halogens is 1. The molecule has 35 heavy (non-hydrogen) atoms. The van der Waals surface area contributed by atoms with Gasteiger partial charge in [0.1, 0.15) is 0 Å². The lowest BCUT2D eigenvalue weighted by Gasteiger charge is -2.17. The van der Waals surface area contributed by atoms with Crippen molar-refractivity contribution in [1.82, 2.24) is 0 Å². The Bertz CT molecular complexity index is 848. The lowest BCUT2D eigenvalue weighted by molar-refractivity contribution is -0.146. The maximum Gasteiger partial charge on any atom is 0.308 e. The van der Waals surface area contributed by atoms with Crippen LogP contribution in [0.2, 0.25) is 0 Å². The Balaban J connectivity index is 1.73. The summed E-state index contributed by atoms with van der Waals surface area (Å²) >= 11 is 3.35. The SMILES string of the molecule is CC(C)CCCCCCCCCC(CC(=O)OCC(=O)c1ccc(Br)cc1)OCc1ccccc1. The van der Waals surface area contributed by atoms with Gasteiger partial charge in [0.25, 0.3) is 0 Å². The summed E-state index contributed by atoms with van der Waals surface area (Å²) in [5.74, 6) is 0.202. The van der Waals surface area contributed by atoms with Gasteiger partial charge in [0, 0.05) is 10.0 Å². The highest BCUT2D eigenvalue weighted by Gasteiger charge is 2.17. The monoisotopic (exact) mass is 544 g/mol. The third kappa shape index (κ3) is 13.6. The molecular formula is C30H41BrO4. The zero-order valence-corrected chi connectivity index (χ0v) is 22.9. The molecule has 2 aromatic carbocycles. The van der Waals surface area contributed by atoms with E-state index >= 15 is 0 Å². The summed E-state index contributed by atoms with van der Waals surface area (Å²) in [6, 6.07) is 17.0. The van der Waals surface area contributed by atoms with Crippen molar-refractivity contribution in [2.75, 3.05) is 6.61 Å². The van der Waals surface area contributed by atoms with E-state index in [-0.39, 0.29) is 24.9 Å². The van der Waals surface area contributed by atoms with E-state index in [0.29, 0.717) is 12.2 Å². The Morgan fingerprint density at radius 1 is 0.800 bits per heavy atom. The number of rotatable bonds is 18. The van der Waals surface area contributed by atoms with Gasteiger partial charge in [0.2, 0.25) is 0 Å². The standard InChI is InChI=1S/C30H41BrO4/c1-24(2)13-9-6-4-3-5-7-12-16-28(34-22-25-14-10-8-11-15-25)21-30(33)35-23-29(32)26-17-19-27(31)20-18-26/h8,10-11,14-15,17-20,24,28H,3-7,9,12-13,16,21-23H2,1-2H3. The summed E-state index contributed by atoms with van der Waals surface area (Å²) in [6.07, 6.45) is 10.7. The van der Waals surface area contributed by atoms with Crippen molar-refractivity contribution >= 4 is 27.7 Å². The lowest BCUT2D eigenvalue weighted by Crippen LogP contribution is -2.22. The zero-order chi connectivity index (χ0) is 25.3. The Labute approximate surface area is 219 Å². The molecule has 0 aromatic heterocycles. The Morgan fingerprint density at radius 3 is 2.03 bits per heavy atom. The van der Waals surface area contributed by atoms with Crippen molar-refractivity contribution in [3.05, 3.63) is 70.2 Å². The van der Waals surface area contributed by atoms with E-state index in [1.165, 1.54) is 38.5 Å². The highest BCUT2D eigenvalue weighted by atomic mass is 79.9. The summed E-state index contributed by atoms with van der Waals surface area (Å²) in [6.45, 7) is 4.79. The second-order valence-corrected chi connectivity index (χ2v) is 10.6. The average molecular weight is 546 g/mol. The number of carbonyl (C=O) groups excluding carboxylic acids is 2. The lowest BCUT2D eigenvalue weighted by atomic mass is 10.0. The molecule has 0 aliphatic heterocycles. The molecule has 2 rings (SSSR count). The summed E-state index contributed by atoms with van der Waals surface area (Å²) in [7, 11) is 0. The van der Waals surface area contributed by atoms with E-state index in [1.807, 2.05) is 30.3 Å². The van der Waals surface area contributed by atoms with Gasteiger partial charge in [-0.3, -0.25) is 9.59 Å². The fourth-order valence-corrected chi connectivity index (χ4v) is 4.22. The van der Waals surface area contributed by atoms with Crippen molar-refractivity contribution in [1.29, 1.82) is 0 Å². The fourth-order valence-electron chi connectivity index (χ4n) is 3.95. The van der Waals surface area contributed by atoms with Gasteiger partial charge in [-0.25, -0.2) is 0 Å². The van der Waals surface area contributed by atoms with Crippen LogP contribution in [0.25, 0.3) is 0 Å². The van der Waals surface area contributed by atoms with Gasteiger partial charge in [-0.1, -0.05) is 124 Å². The molecule has 1 unspecified atom stereocenters. The number of benzene rings is 2. The second-order valence-electron chi connectivity index (χ2n) is 9.66. The van der Waals surface area contributed by atoms with Crippen LogP contribution in [0.4, 0.5) is 0 Å². The first-order chi connectivity index (χ1) is 16.9. The molecule has 0 saturated heterocycles. The number of carbonyl (C=O) groups is 2. The fraction of sp³-hybridized carbons (Fsp3) is 0.533. The zero-order valence-electron chi connectivity index (χ0n) is 21.3. The Morgan fingerprint density at radius 2 is 1.40 bits per heavy atom. The number of hydrogen-bond donors (Lipinski definition) is 0. The maximum atomic E-state index is 12.5. The molecule has 0 bridgehead atoms. The molecule has 0 fully saturated rings. The van der Waals surface area contributed by atoms with Crippen LogP contribution in [0.3, 0.4) is 0 Å². The smallest absolute Gasteiger partial charge is 0.308 e. The van der Waals surface area contributed by atoms with Crippen molar-refractivity contribution in [3.63, 3.8) is 0 Å². The van der Waals surface area contributed by atoms with Crippen molar-refractivity contribution in [3.8, 4) is 0 Å². The number of esters is 1. The van der Waals surface area contributed by atoms with Gasteiger partial charge in [0.05, 0.1) is 19.1 Å². The van der Waals surface area contributed by atoms with Gasteiger partial charge in [-0.05, 0) is 30.0 Å². The van der Waals surface area contributed by atoms with Crippen LogP contribution in [0.5, 0.6) is 0 Å². The van der Waals surface area contributed by atoms with Gasteiger partial charge >= 0.3 is 5.97 Å². The molecule has 5 heteroatoms. The molecule has 4 nitrogen and oxygen atoms in total. The van der Waals surface area contributed by atoms with E-state index in [4.69, 9.17) is 9.47 Å². The molecular weight excluding hydrogens is 504 g/mol. The Kier molecular flexibility index (Phi) is 14.6. The number of ketones is 1. The van der Waals surface area contributed by atoms with Crippen LogP contribution >= 0.6 is 15.9 Å². The Hall–Kier alpha value is -1.98. The predicted molar refractivity (Wildman–Crippen MR) is 145 cm³/mol. The highest BCUT2D eigenvalue weighted by molar-refractivity contribution is 9.10. The molecule has 0 aliphatic rings. The summed E-state index contributed by atoms with van der Waals surface area (Å²) in [5.41, 5.74) is 1.61. The summed E-state index contributed by atoms with van der Waals surface area (Å²) in [5, 5.41) is 0. The predicted octanol–water partition coefficient (Wildman–Crippen LogP) is 8.32. The van der Waals surface area contributed by atoms with Gasteiger partial charge < -0.3 is 9.47 Å². The van der Waals surface area contributed by atoms with Crippen molar-refractivity contribution < 1.29 is 19.1 Å². The topological polar surface area (TPSA) is 52.6 Å². The number of ether oxygens (including phenoxy) is 2. The third-order valence-corrected chi connectivity index (χ3v) is 6.59. The van der Waals surface area contributed by atoms with E-state index in [2.05, 4.69) is 29.8 Å². The van der Waals surface area contributed by atoms with Crippen LogP contribution in [0.15, 0.2) is 59.1 Å². The molecule has 0 saturated carbocycles. The molecule has 0 aliphatic carbocycles. The maximum absolute atomic E-state index is 12.5. The van der Waals surface area contributed by atoms with Gasteiger partial charge in [0.15, 0.2) is 12.4 Å². The molecule has 0 spiro atoms. The minimum Gasteiger partial charge on any atom is -0.457 e.